The maximum atomic E-state index is 12.7. The molecule has 0 amide bonds. The molecule has 2 saturated carbocycles. The van der Waals surface area contributed by atoms with Gasteiger partial charge in [0.15, 0.2) is 11.6 Å². The standard InChI is InChI=1S/C18H16ClNO2S/c1-9-15(14-16(21)10-6-7-11(8-10)17(14)22)20-18(23-9)12-4-2-3-5-13(12)19/h2-5,10-11,14H,6-8H2,1H3/t10-,11+,14?. The number of fused-ring (bicyclic) bond motifs is 2. The number of rotatable bonds is 2. The number of nitrogens with zero attached hydrogens (tertiary/aromatic N) is 1. The predicted octanol–water partition coefficient (Wildman–Crippen LogP) is 4.42. The third-order valence-electron chi connectivity index (χ3n) is 5.02. The summed E-state index contributed by atoms with van der Waals surface area (Å²) in [6, 6.07) is 7.52. The molecule has 1 heterocycles. The van der Waals surface area contributed by atoms with Crippen LogP contribution in [0.2, 0.25) is 5.02 Å². The minimum atomic E-state index is -0.659. The van der Waals surface area contributed by atoms with Gasteiger partial charge in [-0.25, -0.2) is 4.98 Å². The second kappa shape index (κ2) is 5.53. The van der Waals surface area contributed by atoms with Gasteiger partial charge in [0.25, 0.3) is 0 Å². The molecule has 2 aromatic rings. The Morgan fingerprint density at radius 1 is 1.13 bits per heavy atom. The Kier molecular flexibility index (Phi) is 3.62. The Bertz CT molecular complexity index is 791. The molecule has 3 nitrogen and oxygen atoms in total. The van der Waals surface area contributed by atoms with Crippen LogP contribution in [-0.2, 0) is 9.59 Å². The van der Waals surface area contributed by atoms with E-state index in [1.807, 2.05) is 31.2 Å². The monoisotopic (exact) mass is 345 g/mol. The molecule has 0 saturated heterocycles. The van der Waals surface area contributed by atoms with E-state index in [0.29, 0.717) is 10.7 Å². The molecule has 1 unspecified atom stereocenters. The number of thiazole rings is 1. The fraction of sp³-hybridized carbons (Fsp3) is 0.389. The Hall–Kier alpha value is -1.52. The van der Waals surface area contributed by atoms with Gasteiger partial charge in [0.05, 0.1) is 10.7 Å². The van der Waals surface area contributed by atoms with Crippen LogP contribution in [0, 0.1) is 18.8 Å². The number of benzene rings is 1. The molecule has 5 heteroatoms. The van der Waals surface area contributed by atoms with Gasteiger partial charge in [0.2, 0.25) is 0 Å². The average Bonchev–Trinajstić information content (AvgIpc) is 3.13. The van der Waals surface area contributed by atoms with E-state index in [0.717, 1.165) is 34.7 Å². The summed E-state index contributed by atoms with van der Waals surface area (Å²) in [6.07, 6.45) is 2.45. The van der Waals surface area contributed by atoms with Crippen LogP contribution in [0.3, 0.4) is 0 Å². The number of aryl methyl sites for hydroxylation is 1. The second-order valence-electron chi connectivity index (χ2n) is 6.38. The van der Waals surface area contributed by atoms with E-state index in [4.69, 9.17) is 11.6 Å². The van der Waals surface area contributed by atoms with Crippen LogP contribution in [0.1, 0.15) is 35.8 Å². The average molecular weight is 346 g/mol. The zero-order chi connectivity index (χ0) is 16.1. The second-order valence-corrected chi connectivity index (χ2v) is 8.00. The Morgan fingerprint density at radius 3 is 2.43 bits per heavy atom. The van der Waals surface area contributed by atoms with E-state index in [9.17, 15) is 9.59 Å². The van der Waals surface area contributed by atoms with E-state index >= 15 is 0 Å². The first-order valence-corrected chi connectivity index (χ1v) is 9.05. The van der Waals surface area contributed by atoms with E-state index in [1.54, 1.807) is 0 Å². The molecule has 23 heavy (non-hydrogen) atoms. The van der Waals surface area contributed by atoms with E-state index in [2.05, 4.69) is 4.98 Å². The van der Waals surface area contributed by atoms with Crippen molar-refractivity contribution >= 4 is 34.5 Å². The summed E-state index contributed by atoms with van der Waals surface area (Å²) in [5.41, 5.74) is 1.50. The van der Waals surface area contributed by atoms with Crippen molar-refractivity contribution in [3.05, 3.63) is 39.9 Å². The molecular weight excluding hydrogens is 330 g/mol. The lowest BCUT2D eigenvalue weighted by Gasteiger charge is -2.24. The van der Waals surface area contributed by atoms with E-state index in [-0.39, 0.29) is 23.4 Å². The molecule has 2 aliphatic carbocycles. The van der Waals surface area contributed by atoms with Crippen molar-refractivity contribution in [3.8, 4) is 10.6 Å². The first-order valence-electron chi connectivity index (χ1n) is 7.86. The first kappa shape index (κ1) is 15.0. The van der Waals surface area contributed by atoms with Gasteiger partial charge < -0.3 is 0 Å². The largest absolute Gasteiger partial charge is 0.298 e. The van der Waals surface area contributed by atoms with Crippen molar-refractivity contribution < 1.29 is 9.59 Å². The molecule has 3 atom stereocenters. The van der Waals surface area contributed by atoms with Gasteiger partial charge in [-0.15, -0.1) is 11.3 Å². The van der Waals surface area contributed by atoms with Gasteiger partial charge >= 0.3 is 0 Å². The van der Waals surface area contributed by atoms with Gasteiger partial charge in [0.1, 0.15) is 10.9 Å². The van der Waals surface area contributed by atoms with Crippen molar-refractivity contribution in [1.29, 1.82) is 0 Å². The fourth-order valence-electron chi connectivity index (χ4n) is 3.81. The molecule has 0 aliphatic heterocycles. The molecule has 2 bridgehead atoms. The van der Waals surface area contributed by atoms with Crippen molar-refractivity contribution in [3.63, 3.8) is 0 Å². The van der Waals surface area contributed by atoms with Crippen LogP contribution in [0.25, 0.3) is 10.6 Å². The molecule has 0 N–H and O–H groups in total. The van der Waals surface area contributed by atoms with Gasteiger partial charge in [-0.3, -0.25) is 9.59 Å². The van der Waals surface area contributed by atoms with Crippen molar-refractivity contribution in [2.75, 3.05) is 0 Å². The SMILES string of the molecule is Cc1sc(-c2ccccc2Cl)nc1C1C(=O)[C@@H]2CC[C@@H](C2)C1=O. The fourth-order valence-corrected chi connectivity index (χ4v) is 5.08. The molecule has 4 rings (SSSR count). The van der Waals surface area contributed by atoms with Crippen LogP contribution >= 0.6 is 22.9 Å². The van der Waals surface area contributed by atoms with Crippen molar-refractivity contribution in [1.82, 2.24) is 4.98 Å². The zero-order valence-electron chi connectivity index (χ0n) is 12.7. The Labute approximate surface area is 143 Å². The smallest absolute Gasteiger partial charge is 0.152 e. The number of hydrogen-bond donors (Lipinski definition) is 0. The highest BCUT2D eigenvalue weighted by Gasteiger charge is 2.48. The Balaban J connectivity index is 1.77. The predicted molar refractivity (Wildman–Crippen MR) is 90.9 cm³/mol. The van der Waals surface area contributed by atoms with E-state index < -0.39 is 5.92 Å². The molecular formula is C18H16ClNO2S. The van der Waals surface area contributed by atoms with Crippen LogP contribution in [-0.4, -0.2) is 16.6 Å². The summed E-state index contributed by atoms with van der Waals surface area (Å²) in [7, 11) is 0. The summed E-state index contributed by atoms with van der Waals surface area (Å²) < 4.78 is 0. The molecule has 118 valence electrons. The molecule has 1 aromatic heterocycles. The quantitative estimate of drug-likeness (QED) is 0.757. The minimum absolute atomic E-state index is 0.0487. The molecule has 0 spiro atoms. The maximum absolute atomic E-state index is 12.7. The van der Waals surface area contributed by atoms with Crippen molar-refractivity contribution in [2.45, 2.75) is 32.1 Å². The topological polar surface area (TPSA) is 47.0 Å². The van der Waals surface area contributed by atoms with Crippen LogP contribution in [0.5, 0.6) is 0 Å². The highest BCUT2D eigenvalue weighted by Crippen LogP contribution is 2.45. The Morgan fingerprint density at radius 2 is 1.78 bits per heavy atom. The van der Waals surface area contributed by atoms with Gasteiger partial charge in [-0.2, -0.15) is 0 Å². The van der Waals surface area contributed by atoms with Gasteiger partial charge in [-0.05, 0) is 32.3 Å². The lowest BCUT2D eigenvalue weighted by molar-refractivity contribution is -0.136. The third-order valence-corrected chi connectivity index (χ3v) is 6.37. The molecule has 1 aromatic carbocycles. The molecule has 2 aliphatic rings. The molecule has 0 radical (unpaired) electrons. The van der Waals surface area contributed by atoms with Crippen LogP contribution in [0.15, 0.2) is 24.3 Å². The summed E-state index contributed by atoms with van der Waals surface area (Å²) in [4.78, 5) is 30.9. The van der Waals surface area contributed by atoms with E-state index in [1.165, 1.54) is 11.3 Å². The maximum Gasteiger partial charge on any atom is 0.152 e. The number of hydrogen-bond acceptors (Lipinski definition) is 4. The highest BCUT2D eigenvalue weighted by molar-refractivity contribution is 7.15. The summed E-state index contributed by atoms with van der Waals surface area (Å²) in [5.74, 6) is -0.417. The van der Waals surface area contributed by atoms with Crippen molar-refractivity contribution in [2.24, 2.45) is 11.8 Å². The normalized spacial score (nSPS) is 26.8. The first-order chi connectivity index (χ1) is 11.1. The van der Waals surface area contributed by atoms with Gasteiger partial charge in [0, 0.05) is 22.3 Å². The molecule has 2 fully saturated rings. The summed E-state index contributed by atoms with van der Waals surface area (Å²) in [6.45, 7) is 1.93. The third kappa shape index (κ3) is 2.36. The number of aromatic nitrogens is 1. The summed E-state index contributed by atoms with van der Waals surface area (Å²) in [5, 5.41) is 1.41. The zero-order valence-corrected chi connectivity index (χ0v) is 14.3. The number of Topliss-reactive ketones (excluding diaryl/α,β-unsaturated/α-hetero) is 2. The number of carbonyl (C=O) groups is 2. The number of ketones is 2. The highest BCUT2D eigenvalue weighted by atomic mass is 35.5. The summed E-state index contributed by atoms with van der Waals surface area (Å²) >= 11 is 7.75. The number of halogens is 1. The van der Waals surface area contributed by atoms with Crippen LogP contribution in [0.4, 0.5) is 0 Å². The van der Waals surface area contributed by atoms with Crippen LogP contribution < -0.4 is 0 Å². The minimum Gasteiger partial charge on any atom is -0.298 e. The van der Waals surface area contributed by atoms with Gasteiger partial charge in [-0.1, -0.05) is 29.8 Å². The lowest BCUT2D eigenvalue weighted by atomic mass is 9.77. The lowest BCUT2D eigenvalue weighted by Crippen LogP contribution is -2.35. The number of carbonyl (C=O) groups excluding carboxylic acids is 2.